The minimum absolute atomic E-state index is 0. The molecule has 3 nitrogen and oxygen atoms in total. The molecule has 0 spiro atoms. The second-order valence-corrected chi connectivity index (χ2v) is 5.36. The van der Waals surface area contributed by atoms with E-state index in [1.54, 1.807) is 6.08 Å². The molecule has 124 valence electrons. The van der Waals surface area contributed by atoms with Gasteiger partial charge in [0.05, 0.1) is 26.2 Å². The molecule has 0 aromatic heterocycles. The zero-order chi connectivity index (χ0) is 15.6. The molecular weight excluding hydrogens is 342 g/mol. The number of carbonyl (C=O) groups excluding carboxylic acids is 1. The van der Waals surface area contributed by atoms with E-state index < -0.39 is 0 Å². The Labute approximate surface area is 145 Å². The van der Waals surface area contributed by atoms with E-state index >= 15 is 0 Å². The number of ether oxygens (including phenoxy) is 1. The van der Waals surface area contributed by atoms with Crippen LogP contribution in [0, 0.1) is 0 Å². The number of hydrogen-bond donors (Lipinski definition) is 0. The van der Waals surface area contributed by atoms with Crippen LogP contribution in [0.2, 0.25) is 0 Å². The summed E-state index contributed by atoms with van der Waals surface area (Å²) in [5.74, 6) is -0.244. The molecule has 0 bridgehead atoms. The van der Waals surface area contributed by atoms with E-state index in [0.29, 0.717) is 6.61 Å². The minimum Gasteiger partial charge on any atom is -1.00 e. The van der Waals surface area contributed by atoms with Gasteiger partial charge in [-0.2, -0.15) is 0 Å². The third kappa shape index (κ3) is 7.23. The SMILES string of the molecule is CC=CC(=O)OCCC[N+](CC)(CC)Cc1ccccc1.[Br-]. The predicted octanol–water partition coefficient (Wildman–Crippen LogP) is 0.557. The van der Waals surface area contributed by atoms with Crippen molar-refractivity contribution in [1.29, 1.82) is 0 Å². The summed E-state index contributed by atoms with van der Waals surface area (Å²) in [4.78, 5) is 11.3. The molecule has 0 saturated carbocycles. The van der Waals surface area contributed by atoms with Gasteiger partial charge in [0.25, 0.3) is 0 Å². The molecule has 1 aromatic rings. The van der Waals surface area contributed by atoms with Crippen LogP contribution in [-0.4, -0.2) is 36.7 Å². The minimum atomic E-state index is -0.244. The lowest BCUT2D eigenvalue weighted by molar-refractivity contribution is -0.938. The number of allylic oxidation sites excluding steroid dienone is 1. The van der Waals surface area contributed by atoms with Crippen LogP contribution in [0.4, 0.5) is 0 Å². The molecule has 22 heavy (non-hydrogen) atoms. The fourth-order valence-electron chi connectivity index (χ4n) is 2.57. The Balaban J connectivity index is 0.00000441. The summed E-state index contributed by atoms with van der Waals surface area (Å²) in [6.45, 7) is 11.0. The van der Waals surface area contributed by atoms with Gasteiger partial charge in [0.1, 0.15) is 6.54 Å². The fraction of sp³-hybridized carbons (Fsp3) is 0.500. The van der Waals surface area contributed by atoms with E-state index in [9.17, 15) is 4.79 Å². The first-order chi connectivity index (χ1) is 10.2. The highest BCUT2D eigenvalue weighted by Gasteiger charge is 2.23. The number of halogens is 1. The molecule has 1 rings (SSSR count). The average molecular weight is 370 g/mol. The molecule has 0 aliphatic heterocycles. The van der Waals surface area contributed by atoms with Gasteiger partial charge in [-0.3, -0.25) is 0 Å². The third-order valence-corrected chi connectivity index (χ3v) is 4.03. The van der Waals surface area contributed by atoms with Crippen molar-refractivity contribution in [2.45, 2.75) is 33.7 Å². The maximum atomic E-state index is 11.3. The van der Waals surface area contributed by atoms with Crippen LogP contribution in [0.5, 0.6) is 0 Å². The van der Waals surface area contributed by atoms with E-state index in [1.165, 1.54) is 11.6 Å². The quantitative estimate of drug-likeness (QED) is 0.275. The number of hydrogen-bond acceptors (Lipinski definition) is 2. The highest BCUT2D eigenvalue weighted by Crippen LogP contribution is 2.15. The molecule has 0 radical (unpaired) electrons. The summed E-state index contributed by atoms with van der Waals surface area (Å²) in [5, 5.41) is 0. The van der Waals surface area contributed by atoms with Gasteiger partial charge in [-0.25, -0.2) is 4.79 Å². The highest BCUT2D eigenvalue weighted by molar-refractivity contribution is 5.81. The molecule has 0 fully saturated rings. The fourth-order valence-corrected chi connectivity index (χ4v) is 2.57. The van der Waals surface area contributed by atoms with E-state index in [1.807, 2.05) is 6.92 Å². The van der Waals surface area contributed by atoms with Gasteiger partial charge in [-0.15, -0.1) is 0 Å². The van der Waals surface area contributed by atoms with Crippen molar-refractivity contribution < 1.29 is 31.0 Å². The summed E-state index contributed by atoms with van der Waals surface area (Å²) in [5.41, 5.74) is 1.37. The molecular formula is C18H28BrNO2. The van der Waals surface area contributed by atoms with Crippen molar-refractivity contribution in [2.75, 3.05) is 26.2 Å². The zero-order valence-corrected chi connectivity index (χ0v) is 15.5. The predicted molar refractivity (Wildman–Crippen MR) is 86.7 cm³/mol. The van der Waals surface area contributed by atoms with Gasteiger partial charge >= 0.3 is 5.97 Å². The van der Waals surface area contributed by atoms with Gasteiger partial charge in [0.15, 0.2) is 0 Å². The maximum absolute atomic E-state index is 11.3. The first-order valence-corrected chi connectivity index (χ1v) is 7.84. The summed E-state index contributed by atoms with van der Waals surface area (Å²) >= 11 is 0. The van der Waals surface area contributed by atoms with Gasteiger partial charge < -0.3 is 26.2 Å². The Morgan fingerprint density at radius 2 is 1.82 bits per heavy atom. The molecule has 0 heterocycles. The van der Waals surface area contributed by atoms with E-state index in [2.05, 4.69) is 44.2 Å². The van der Waals surface area contributed by atoms with Gasteiger partial charge in [0.2, 0.25) is 0 Å². The first kappa shape index (κ1) is 20.9. The second kappa shape index (κ2) is 11.4. The summed E-state index contributed by atoms with van der Waals surface area (Å²) in [6.07, 6.45) is 4.07. The van der Waals surface area contributed by atoms with Crippen LogP contribution >= 0.6 is 0 Å². The van der Waals surface area contributed by atoms with Gasteiger partial charge in [0, 0.05) is 18.1 Å². The number of carbonyl (C=O) groups is 1. The molecule has 0 N–H and O–H groups in total. The second-order valence-electron chi connectivity index (χ2n) is 5.36. The Hall–Kier alpha value is -1.13. The molecule has 4 heteroatoms. The Morgan fingerprint density at radius 1 is 1.18 bits per heavy atom. The smallest absolute Gasteiger partial charge is 0.330 e. The normalized spacial score (nSPS) is 11.2. The molecule has 0 amide bonds. The largest absolute Gasteiger partial charge is 1.00 e. The topological polar surface area (TPSA) is 26.3 Å². The maximum Gasteiger partial charge on any atom is 0.330 e. The number of rotatable bonds is 9. The molecule has 0 unspecified atom stereocenters. The number of esters is 1. The Bertz CT molecular complexity index is 442. The third-order valence-electron chi connectivity index (χ3n) is 4.03. The summed E-state index contributed by atoms with van der Waals surface area (Å²) in [7, 11) is 0. The van der Waals surface area contributed by atoms with Gasteiger partial charge in [-0.05, 0) is 20.8 Å². The average Bonchev–Trinajstić information content (AvgIpc) is 2.52. The van der Waals surface area contributed by atoms with Crippen LogP contribution in [0.3, 0.4) is 0 Å². The molecule has 1 aromatic carbocycles. The van der Waals surface area contributed by atoms with E-state index in [-0.39, 0.29) is 23.0 Å². The van der Waals surface area contributed by atoms with Crippen LogP contribution in [0.15, 0.2) is 42.5 Å². The molecule has 0 saturated heterocycles. The van der Waals surface area contributed by atoms with Crippen molar-refractivity contribution in [3.63, 3.8) is 0 Å². The first-order valence-electron chi connectivity index (χ1n) is 7.84. The van der Waals surface area contributed by atoms with Crippen molar-refractivity contribution >= 4 is 5.97 Å². The van der Waals surface area contributed by atoms with Crippen molar-refractivity contribution in [3.05, 3.63) is 48.0 Å². The highest BCUT2D eigenvalue weighted by atomic mass is 79.9. The Kier molecular flexibility index (Phi) is 10.9. The van der Waals surface area contributed by atoms with Crippen LogP contribution in [-0.2, 0) is 16.1 Å². The monoisotopic (exact) mass is 369 g/mol. The molecule has 0 aliphatic carbocycles. The number of quaternary nitrogens is 1. The van der Waals surface area contributed by atoms with Crippen molar-refractivity contribution in [2.24, 2.45) is 0 Å². The lowest BCUT2D eigenvalue weighted by Gasteiger charge is -2.37. The van der Waals surface area contributed by atoms with E-state index in [4.69, 9.17) is 4.74 Å². The molecule has 0 atom stereocenters. The Morgan fingerprint density at radius 3 is 2.36 bits per heavy atom. The zero-order valence-electron chi connectivity index (χ0n) is 13.9. The van der Waals surface area contributed by atoms with Crippen molar-refractivity contribution in [1.82, 2.24) is 0 Å². The van der Waals surface area contributed by atoms with Gasteiger partial charge in [-0.1, -0.05) is 36.4 Å². The van der Waals surface area contributed by atoms with Crippen LogP contribution < -0.4 is 17.0 Å². The number of nitrogens with zero attached hydrogens (tertiary/aromatic N) is 1. The standard InChI is InChI=1S/C18H28NO2.BrH/c1-4-11-18(20)21-15-10-14-19(5-2,6-3)16-17-12-8-7-9-13-17;/h4,7-9,11-13H,5-6,10,14-16H2,1-3H3;1H/q+1;/p-1. The van der Waals surface area contributed by atoms with E-state index in [0.717, 1.165) is 37.1 Å². The van der Waals surface area contributed by atoms with Crippen LogP contribution in [0.25, 0.3) is 0 Å². The number of benzene rings is 1. The summed E-state index contributed by atoms with van der Waals surface area (Å²) < 4.78 is 6.21. The van der Waals surface area contributed by atoms with Crippen LogP contribution in [0.1, 0.15) is 32.8 Å². The lowest BCUT2D eigenvalue weighted by Crippen LogP contribution is -3.00. The lowest BCUT2D eigenvalue weighted by atomic mass is 10.1. The molecule has 0 aliphatic rings. The summed E-state index contributed by atoms with van der Waals surface area (Å²) in [6, 6.07) is 10.6. The van der Waals surface area contributed by atoms with Crippen molar-refractivity contribution in [3.8, 4) is 0 Å².